The zero-order valence-corrected chi connectivity index (χ0v) is 17.2. The first kappa shape index (κ1) is 18.7. The molecular weight excluding hydrogens is 380 g/mol. The molecule has 0 aliphatic carbocycles. The Morgan fingerprint density at radius 3 is 2.70 bits per heavy atom. The molecule has 1 aliphatic rings. The van der Waals surface area contributed by atoms with Crippen LogP contribution in [0.4, 0.5) is 0 Å². The number of hydrogen-bond acceptors (Lipinski definition) is 6. The second-order valence-electron chi connectivity index (χ2n) is 8.00. The molecule has 0 spiro atoms. The fourth-order valence-corrected chi connectivity index (χ4v) is 4.09. The number of benzene rings is 1. The third-order valence-electron chi connectivity index (χ3n) is 5.64. The lowest BCUT2D eigenvalue weighted by Crippen LogP contribution is -2.22. The van der Waals surface area contributed by atoms with Gasteiger partial charge in [-0.15, -0.1) is 0 Å². The van der Waals surface area contributed by atoms with Crippen LogP contribution in [0.5, 0.6) is 0 Å². The second kappa shape index (κ2) is 7.53. The summed E-state index contributed by atoms with van der Waals surface area (Å²) in [6, 6.07) is 8.06. The van der Waals surface area contributed by atoms with Crippen LogP contribution in [0.2, 0.25) is 0 Å². The summed E-state index contributed by atoms with van der Waals surface area (Å²) in [4.78, 5) is 19.8. The zero-order chi connectivity index (χ0) is 20.7. The smallest absolute Gasteiger partial charge is 0.277 e. The lowest BCUT2D eigenvalue weighted by Gasteiger charge is -2.09. The molecule has 1 aromatic carbocycles. The molecule has 0 radical (unpaired) electrons. The molecule has 30 heavy (non-hydrogen) atoms. The van der Waals surface area contributed by atoms with Crippen molar-refractivity contribution in [2.24, 2.45) is 0 Å². The molecule has 1 fully saturated rings. The lowest BCUT2D eigenvalue weighted by atomic mass is 10.0. The van der Waals surface area contributed by atoms with Gasteiger partial charge >= 0.3 is 0 Å². The Balaban J connectivity index is 1.41. The van der Waals surface area contributed by atoms with Gasteiger partial charge in [-0.2, -0.15) is 10.1 Å². The van der Waals surface area contributed by atoms with Gasteiger partial charge in [-0.25, -0.2) is 4.52 Å². The van der Waals surface area contributed by atoms with E-state index in [1.54, 1.807) is 21.5 Å². The van der Waals surface area contributed by atoms with Crippen molar-refractivity contribution in [2.75, 3.05) is 13.1 Å². The van der Waals surface area contributed by atoms with Crippen LogP contribution in [-0.4, -0.2) is 42.3 Å². The summed E-state index contributed by atoms with van der Waals surface area (Å²) in [6.45, 7) is 7.19. The van der Waals surface area contributed by atoms with Gasteiger partial charge in [-0.05, 0) is 51.4 Å². The third kappa shape index (κ3) is 3.54. The van der Waals surface area contributed by atoms with Crippen LogP contribution in [0.25, 0.3) is 16.8 Å². The van der Waals surface area contributed by atoms with Crippen molar-refractivity contribution in [2.45, 2.75) is 39.8 Å². The quantitative estimate of drug-likeness (QED) is 0.509. The third-order valence-corrected chi connectivity index (χ3v) is 5.64. The Morgan fingerprint density at radius 2 is 1.90 bits per heavy atom. The van der Waals surface area contributed by atoms with Crippen molar-refractivity contribution < 1.29 is 4.52 Å². The van der Waals surface area contributed by atoms with E-state index in [1.807, 2.05) is 12.1 Å². The van der Waals surface area contributed by atoms with E-state index in [4.69, 9.17) is 4.52 Å². The molecular formula is C22H24N6O2. The van der Waals surface area contributed by atoms with Gasteiger partial charge in [0.1, 0.15) is 5.52 Å². The van der Waals surface area contributed by atoms with Crippen molar-refractivity contribution in [1.82, 2.24) is 29.2 Å². The van der Waals surface area contributed by atoms with Crippen LogP contribution in [-0.2, 0) is 13.1 Å². The maximum Gasteiger partial charge on any atom is 0.277 e. The highest BCUT2D eigenvalue weighted by molar-refractivity contribution is 5.68. The van der Waals surface area contributed by atoms with E-state index in [-0.39, 0.29) is 12.1 Å². The first-order valence-electron chi connectivity index (χ1n) is 10.3. The molecule has 8 heteroatoms. The number of likely N-dealkylation sites (tertiary alicyclic amines) is 1. The monoisotopic (exact) mass is 404 g/mol. The molecule has 0 atom stereocenters. The van der Waals surface area contributed by atoms with E-state index in [0.29, 0.717) is 23.8 Å². The summed E-state index contributed by atoms with van der Waals surface area (Å²) < 4.78 is 8.59. The summed E-state index contributed by atoms with van der Waals surface area (Å²) in [5.74, 6) is 1.10. The van der Waals surface area contributed by atoms with Gasteiger partial charge in [-0.3, -0.25) is 9.69 Å². The molecule has 1 saturated heterocycles. The van der Waals surface area contributed by atoms with E-state index in [1.165, 1.54) is 18.4 Å². The van der Waals surface area contributed by atoms with E-state index in [0.717, 1.165) is 29.9 Å². The highest BCUT2D eigenvalue weighted by Crippen LogP contribution is 2.23. The van der Waals surface area contributed by atoms with Gasteiger partial charge in [0.05, 0.1) is 18.8 Å². The number of aryl methyl sites for hydroxylation is 2. The fourth-order valence-electron chi connectivity index (χ4n) is 4.09. The standard InChI is InChI=1S/C22H24N6O2/c1-15-5-6-17(16(2)11-15)18-12-19-22(29)27(9-10-28(19)24-18)13-20-23-21(30-25-20)14-26-7-3-4-8-26/h5-6,9-12H,3-4,7-8,13-14H2,1-2H3. The Kier molecular flexibility index (Phi) is 4.71. The van der Waals surface area contributed by atoms with Crippen LogP contribution in [0.15, 0.2) is 46.0 Å². The van der Waals surface area contributed by atoms with Gasteiger partial charge < -0.3 is 9.09 Å². The molecule has 8 nitrogen and oxygen atoms in total. The summed E-state index contributed by atoms with van der Waals surface area (Å²) in [5, 5.41) is 8.64. The maximum atomic E-state index is 13.0. The topological polar surface area (TPSA) is 81.5 Å². The van der Waals surface area contributed by atoms with E-state index in [2.05, 4.69) is 46.1 Å². The molecule has 5 rings (SSSR count). The van der Waals surface area contributed by atoms with Crippen molar-refractivity contribution in [1.29, 1.82) is 0 Å². The fraction of sp³-hybridized carbons (Fsp3) is 0.364. The minimum atomic E-state index is -0.132. The summed E-state index contributed by atoms with van der Waals surface area (Å²) in [6.07, 6.45) is 5.93. The predicted molar refractivity (Wildman–Crippen MR) is 112 cm³/mol. The molecule has 0 amide bonds. The molecule has 1 aliphatic heterocycles. The van der Waals surface area contributed by atoms with Gasteiger partial charge in [0, 0.05) is 18.0 Å². The van der Waals surface area contributed by atoms with Crippen molar-refractivity contribution >= 4 is 5.52 Å². The molecule has 154 valence electrons. The van der Waals surface area contributed by atoms with Gasteiger partial charge in [0.25, 0.3) is 5.56 Å². The average molecular weight is 404 g/mol. The molecule has 4 aromatic rings. The lowest BCUT2D eigenvalue weighted by molar-refractivity contribution is 0.267. The Morgan fingerprint density at radius 1 is 1.07 bits per heavy atom. The number of rotatable bonds is 5. The Bertz CT molecular complexity index is 1260. The van der Waals surface area contributed by atoms with Crippen LogP contribution in [0.3, 0.4) is 0 Å². The minimum absolute atomic E-state index is 0.132. The van der Waals surface area contributed by atoms with Crippen LogP contribution in [0, 0.1) is 13.8 Å². The highest BCUT2D eigenvalue weighted by atomic mass is 16.5. The Labute approximate surface area is 173 Å². The predicted octanol–water partition coefficient (Wildman–Crippen LogP) is 2.81. The van der Waals surface area contributed by atoms with Gasteiger partial charge in [-0.1, -0.05) is 28.9 Å². The number of aromatic nitrogens is 5. The van der Waals surface area contributed by atoms with Gasteiger partial charge in [0.2, 0.25) is 5.89 Å². The summed E-state index contributed by atoms with van der Waals surface area (Å²) in [5.41, 5.74) is 4.54. The van der Waals surface area contributed by atoms with Gasteiger partial charge in [0.15, 0.2) is 5.82 Å². The van der Waals surface area contributed by atoms with Crippen LogP contribution in [0.1, 0.15) is 35.7 Å². The largest absolute Gasteiger partial charge is 0.338 e. The molecule has 0 saturated carbocycles. The van der Waals surface area contributed by atoms with Crippen molar-refractivity contribution in [3.05, 3.63) is 69.9 Å². The maximum absolute atomic E-state index is 13.0. The zero-order valence-electron chi connectivity index (χ0n) is 17.2. The van der Waals surface area contributed by atoms with E-state index in [9.17, 15) is 4.79 Å². The molecule has 3 aromatic heterocycles. The summed E-state index contributed by atoms with van der Waals surface area (Å²) >= 11 is 0. The number of nitrogens with zero attached hydrogens (tertiary/aromatic N) is 6. The van der Waals surface area contributed by atoms with Crippen molar-refractivity contribution in [3.63, 3.8) is 0 Å². The van der Waals surface area contributed by atoms with Crippen LogP contribution >= 0.6 is 0 Å². The number of hydrogen-bond donors (Lipinski definition) is 0. The SMILES string of the molecule is Cc1ccc(-c2cc3c(=O)n(Cc4noc(CN5CCCC5)n4)ccn3n2)c(C)c1. The molecule has 0 bridgehead atoms. The molecule has 0 unspecified atom stereocenters. The first-order chi connectivity index (χ1) is 14.6. The first-order valence-corrected chi connectivity index (χ1v) is 10.3. The molecule has 4 heterocycles. The highest BCUT2D eigenvalue weighted by Gasteiger charge is 2.17. The number of fused-ring (bicyclic) bond motifs is 1. The van der Waals surface area contributed by atoms with E-state index < -0.39 is 0 Å². The normalized spacial score (nSPS) is 14.7. The average Bonchev–Trinajstić information content (AvgIpc) is 3.46. The minimum Gasteiger partial charge on any atom is -0.338 e. The second-order valence-corrected chi connectivity index (χ2v) is 8.00. The van der Waals surface area contributed by atoms with Crippen LogP contribution < -0.4 is 5.56 Å². The van der Waals surface area contributed by atoms with E-state index >= 15 is 0 Å². The van der Waals surface area contributed by atoms with Crippen molar-refractivity contribution in [3.8, 4) is 11.3 Å². The Hall–Kier alpha value is -3.26. The molecule has 0 N–H and O–H groups in total. The summed E-state index contributed by atoms with van der Waals surface area (Å²) in [7, 11) is 0.